The Morgan fingerprint density at radius 2 is 2.29 bits per heavy atom. The zero-order valence-corrected chi connectivity index (χ0v) is 9.59. The number of morpholine rings is 1. The summed E-state index contributed by atoms with van der Waals surface area (Å²) in [6.07, 6.45) is 3.99. The fourth-order valence-corrected chi connectivity index (χ4v) is 1.97. The standard InChI is InChI=1S/C11H24N2O/c1-3-4-5-6-13-7-8-14-10-11(13)9-12-2/h11-12H,3-10H2,1-2H3. The van der Waals surface area contributed by atoms with Gasteiger partial charge < -0.3 is 10.1 Å². The van der Waals surface area contributed by atoms with Crippen molar-refractivity contribution in [3.05, 3.63) is 0 Å². The molecule has 1 atom stereocenters. The molecule has 0 bridgehead atoms. The van der Waals surface area contributed by atoms with Gasteiger partial charge in [0.1, 0.15) is 0 Å². The van der Waals surface area contributed by atoms with Gasteiger partial charge in [-0.1, -0.05) is 19.8 Å². The van der Waals surface area contributed by atoms with Gasteiger partial charge in [0.05, 0.1) is 13.2 Å². The molecule has 14 heavy (non-hydrogen) atoms. The lowest BCUT2D eigenvalue weighted by Crippen LogP contribution is -2.50. The minimum absolute atomic E-state index is 0.589. The molecule has 84 valence electrons. The summed E-state index contributed by atoms with van der Waals surface area (Å²) in [7, 11) is 2.01. The molecule has 0 aromatic heterocycles. The van der Waals surface area contributed by atoms with Crippen molar-refractivity contribution in [2.24, 2.45) is 0 Å². The van der Waals surface area contributed by atoms with Crippen LogP contribution in [0.3, 0.4) is 0 Å². The third-order valence-corrected chi connectivity index (χ3v) is 2.84. The molecule has 0 spiro atoms. The average molecular weight is 200 g/mol. The first kappa shape index (κ1) is 12.0. The smallest absolute Gasteiger partial charge is 0.0634 e. The molecule has 0 aromatic rings. The fourth-order valence-electron chi connectivity index (χ4n) is 1.97. The second-order valence-electron chi connectivity index (χ2n) is 4.03. The number of nitrogens with zero attached hydrogens (tertiary/aromatic N) is 1. The number of hydrogen-bond donors (Lipinski definition) is 1. The van der Waals surface area contributed by atoms with Crippen molar-refractivity contribution in [3.63, 3.8) is 0 Å². The lowest BCUT2D eigenvalue weighted by atomic mass is 10.2. The second kappa shape index (κ2) is 7.21. The van der Waals surface area contributed by atoms with E-state index >= 15 is 0 Å². The molecular weight excluding hydrogens is 176 g/mol. The highest BCUT2D eigenvalue weighted by atomic mass is 16.5. The van der Waals surface area contributed by atoms with Crippen LogP contribution in [0, 0.1) is 0 Å². The summed E-state index contributed by atoms with van der Waals surface area (Å²) in [6.45, 7) is 7.45. The highest BCUT2D eigenvalue weighted by Crippen LogP contribution is 2.08. The third-order valence-electron chi connectivity index (χ3n) is 2.84. The van der Waals surface area contributed by atoms with E-state index in [1.807, 2.05) is 7.05 Å². The largest absolute Gasteiger partial charge is 0.378 e. The van der Waals surface area contributed by atoms with Gasteiger partial charge in [-0.2, -0.15) is 0 Å². The van der Waals surface area contributed by atoms with E-state index in [4.69, 9.17) is 4.74 Å². The molecule has 1 rings (SSSR count). The molecule has 3 heteroatoms. The Morgan fingerprint density at radius 1 is 1.43 bits per heavy atom. The average Bonchev–Trinajstić information content (AvgIpc) is 2.21. The van der Waals surface area contributed by atoms with E-state index in [0.717, 1.165) is 26.3 Å². The summed E-state index contributed by atoms with van der Waals surface area (Å²) >= 11 is 0. The molecule has 1 unspecified atom stereocenters. The van der Waals surface area contributed by atoms with Crippen LogP contribution in [0.15, 0.2) is 0 Å². The van der Waals surface area contributed by atoms with Gasteiger partial charge in [0.25, 0.3) is 0 Å². The Morgan fingerprint density at radius 3 is 3.00 bits per heavy atom. The fraction of sp³-hybridized carbons (Fsp3) is 1.00. The van der Waals surface area contributed by atoms with Crippen LogP contribution in [-0.4, -0.2) is 50.8 Å². The SMILES string of the molecule is CCCCCN1CCOCC1CNC. The summed E-state index contributed by atoms with van der Waals surface area (Å²) < 4.78 is 5.49. The van der Waals surface area contributed by atoms with Gasteiger partial charge in [0, 0.05) is 19.1 Å². The molecule has 1 fully saturated rings. The normalized spacial score (nSPS) is 24.0. The molecular formula is C11H24N2O. The molecule has 0 aliphatic carbocycles. The van der Waals surface area contributed by atoms with Gasteiger partial charge in [-0.15, -0.1) is 0 Å². The Labute approximate surface area is 87.8 Å². The third kappa shape index (κ3) is 3.95. The Balaban J connectivity index is 2.22. The molecule has 1 N–H and O–H groups in total. The van der Waals surface area contributed by atoms with Crippen LogP contribution >= 0.6 is 0 Å². The summed E-state index contributed by atoms with van der Waals surface area (Å²) in [5, 5.41) is 3.24. The Kier molecular flexibility index (Phi) is 6.15. The first-order valence-corrected chi connectivity index (χ1v) is 5.85. The van der Waals surface area contributed by atoms with E-state index in [9.17, 15) is 0 Å². The van der Waals surface area contributed by atoms with Crippen LogP contribution in [0.25, 0.3) is 0 Å². The molecule has 0 amide bonds. The summed E-state index contributed by atoms with van der Waals surface area (Å²) in [5.41, 5.74) is 0. The number of nitrogens with one attached hydrogen (secondary N) is 1. The van der Waals surface area contributed by atoms with Crippen molar-refractivity contribution >= 4 is 0 Å². The zero-order valence-electron chi connectivity index (χ0n) is 9.59. The number of likely N-dealkylation sites (N-methyl/N-ethyl adjacent to an activating group) is 1. The molecule has 0 saturated carbocycles. The van der Waals surface area contributed by atoms with Crippen LogP contribution in [-0.2, 0) is 4.74 Å². The monoisotopic (exact) mass is 200 g/mol. The summed E-state index contributed by atoms with van der Waals surface area (Å²) in [5.74, 6) is 0. The molecule has 0 aromatic carbocycles. The van der Waals surface area contributed by atoms with E-state index in [-0.39, 0.29) is 0 Å². The topological polar surface area (TPSA) is 24.5 Å². The number of unbranched alkanes of at least 4 members (excludes halogenated alkanes) is 2. The zero-order chi connectivity index (χ0) is 10.2. The predicted octanol–water partition coefficient (Wildman–Crippen LogP) is 1.10. The van der Waals surface area contributed by atoms with Crippen molar-refractivity contribution in [1.29, 1.82) is 0 Å². The van der Waals surface area contributed by atoms with Gasteiger partial charge in [0.15, 0.2) is 0 Å². The molecule has 1 aliphatic heterocycles. The molecule has 3 nitrogen and oxygen atoms in total. The number of hydrogen-bond acceptors (Lipinski definition) is 3. The minimum atomic E-state index is 0.589. The highest BCUT2D eigenvalue weighted by molar-refractivity contribution is 4.76. The maximum atomic E-state index is 5.49. The maximum absolute atomic E-state index is 5.49. The Hall–Kier alpha value is -0.120. The van der Waals surface area contributed by atoms with Gasteiger partial charge in [0.2, 0.25) is 0 Å². The first-order chi connectivity index (χ1) is 6.88. The van der Waals surface area contributed by atoms with E-state index in [1.165, 1.54) is 25.8 Å². The van der Waals surface area contributed by atoms with Gasteiger partial charge in [-0.05, 0) is 20.0 Å². The highest BCUT2D eigenvalue weighted by Gasteiger charge is 2.21. The van der Waals surface area contributed by atoms with Crippen molar-refractivity contribution in [1.82, 2.24) is 10.2 Å². The van der Waals surface area contributed by atoms with Crippen LogP contribution in [0.5, 0.6) is 0 Å². The van der Waals surface area contributed by atoms with Gasteiger partial charge in [-0.25, -0.2) is 0 Å². The van der Waals surface area contributed by atoms with E-state index in [1.54, 1.807) is 0 Å². The van der Waals surface area contributed by atoms with Crippen molar-refractivity contribution in [3.8, 4) is 0 Å². The van der Waals surface area contributed by atoms with Crippen LogP contribution in [0.4, 0.5) is 0 Å². The maximum Gasteiger partial charge on any atom is 0.0634 e. The first-order valence-electron chi connectivity index (χ1n) is 5.85. The Bertz CT molecular complexity index is 139. The summed E-state index contributed by atoms with van der Waals surface area (Å²) in [6, 6.07) is 0.589. The van der Waals surface area contributed by atoms with Gasteiger partial charge >= 0.3 is 0 Å². The molecule has 1 saturated heterocycles. The van der Waals surface area contributed by atoms with Crippen LogP contribution in [0.2, 0.25) is 0 Å². The molecule has 0 radical (unpaired) electrons. The predicted molar refractivity (Wildman–Crippen MR) is 59.6 cm³/mol. The van der Waals surface area contributed by atoms with Crippen molar-refractivity contribution in [2.75, 3.05) is 39.9 Å². The molecule has 1 aliphatic rings. The quantitative estimate of drug-likeness (QED) is 0.650. The second-order valence-corrected chi connectivity index (χ2v) is 4.03. The van der Waals surface area contributed by atoms with Crippen molar-refractivity contribution < 1.29 is 4.74 Å². The number of rotatable bonds is 6. The van der Waals surface area contributed by atoms with E-state index in [2.05, 4.69) is 17.1 Å². The van der Waals surface area contributed by atoms with E-state index < -0.39 is 0 Å². The lowest BCUT2D eigenvalue weighted by Gasteiger charge is -2.35. The molecule has 1 heterocycles. The lowest BCUT2D eigenvalue weighted by molar-refractivity contribution is -0.00676. The van der Waals surface area contributed by atoms with Crippen molar-refractivity contribution in [2.45, 2.75) is 32.2 Å². The van der Waals surface area contributed by atoms with Crippen LogP contribution in [0.1, 0.15) is 26.2 Å². The van der Waals surface area contributed by atoms with Crippen LogP contribution < -0.4 is 5.32 Å². The van der Waals surface area contributed by atoms with E-state index in [0.29, 0.717) is 6.04 Å². The minimum Gasteiger partial charge on any atom is -0.378 e. The summed E-state index contributed by atoms with van der Waals surface area (Å²) in [4.78, 5) is 2.57. The van der Waals surface area contributed by atoms with Gasteiger partial charge in [-0.3, -0.25) is 4.90 Å². The number of ether oxygens (including phenoxy) is 1.